The van der Waals surface area contributed by atoms with E-state index < -0.39 is 0 Å². The zero-order chi connectivity index (χ0) is 20.4. The molecule has 4 rings (SSSR count). The van der Waals surface area contributed by atoms with Gasteiger partial charge in [-0.05, 0) is 36.7 Å². The molecule has 6 heteroatoms. The van der Waals surface area contributed by atoms with E-state index in [0.717, 1.165) is 35.2 Å². The number of hydrogen-bond acceptors (Lipinski definition) is 4. The fourth-order valence-electron chi connectivity index (χ4n) is 3.98. The van der Waals surface area contributed by atoms with Crippen molar-refractivity contribution in [1.82, 2.24) is 10.2 Å². The number of thiocarbonyl (C=S) groups is 1. The number of carbonyl (C=O) groups is 1. The molecule has 0 fully saturated rings. The van der Waals surface area contributed by atoms with Gasteiger partial charge in [0.15, 0.2) is 22.4 Å². The first kappa shape index (κ1) is 19.5. The van der Waals surface area contributed by atoms with Crippen LogP contribution in [0.25, 0.3) is 0 Å². The van der Waals surface area contributed by atoms with Crippen molar-refractivity contribution in [3.8, 4) is 11.5 Å². The number of Topliss-reactive ketones (excluding diaryl/α,β-unsaturated/α-hetero) is 1. The van der Waals surface area contributed by atoms with Gasteiger partial charge in [0.1, 0.15) is 6.61 Å². The molecule has 1 unspecified atom stereocenters. The van der Waals surface area contributed by atoms with Crippen LogP contribution in [0.5, 0.6) is 11.5 Å². The van der Waals surface area contributed by atoms with E-state index >= 15 is 0 Å². The number of methoxy groups -OCH3 is 1. The lowest BCUT2D eigenvalue weighted by Crippen LogP contribution is -2.47. The summed E-state index contributed by atoms with van der Waals surface area (Å²) in [5.41, 5.74) is 3.71. The summed E-state index contributed by atoms with van der Waals surface area (Å²) in [4.78, 5) is 14.8. The number of rotatable bonds is 5. The van der Waals surface area contributed by atoms with Crippen molar-refractivity contribution in [3.63, 3.8) is 0 Å². The van der Waals surface area contributed by atoms with Crippen LogP contribution in [0.4, 0.5) is 0 Å². The van der Waals surface area contributed by atoms with Crippen LogP contribution in [0, 0.1) is 0 Å². The van der Waals surface area contributed by atoms with Crippen molar-refractivity contribution in [3.05, 3.63) is 70.9 Å². The van der Waals surface area contributed by atoms with Crippen molar-refractivity contribution < 1.29 is 14.3 Å². The monoisotopic (exact) mass is 408 g/mol. The maximum Gasteiger partial charge on any atom is 0.173 e. The minimum absolute atomic E-state index is 0.162. The van der Waals surface area contributed by atoms with Crippen LogP contribution in [-0.4, -0.2) is 30.0 Å². The normalized spacial score (nSPS) is 19.0. The second-order valence-electron chi connectivity index (χ2n) is 7.23. The highest BCUT2D eigenvalue weighted by atomic mass is 32.1. The van der Waals surface area contributed by atoms with Crippen molar-refractivity contribution in [2.45, 2.75) is 31.9 Å². The topological polar surface area (TPSA) is 50.8 Å². The van der Waals surface area contributed by atoms with Gasteiger partial charge in [0.2, 0.25) is 0 Å². The Balaban J connectivity index is 1.76. The number of nitrogens with zero attached hydrogens (tertiary/aromatic N) is 1. The second-order valence-corrected chi connectivity index (χ2v) is 7.62. The fraction of sp³-hybridized carbons (Fsp3) is 0.304. The zero-order valence-electron chi connectivity index (χ0n) is 16.6. The SMILES string of the molecule is COc1cccc(C2NC(=S)N(C)C3=C2C(=O)CCC3)c1OCc1ccccc1. The van der Waals surface area contributed by atoms with E-state index in [9.17, 15) is 4.79 Å². The van der Waals surface area contributed by atoms with Crippen molar-refractivity contribution >= 4 is 23.1 Å². The number of benzene rings is 2. The Bertz CT molecular complexity index is 971. The standard InChI is InChI=1S/C23H24N2O3S/c1-25-17-11-7-12-18(26)20(17)21(24-23(25)29)16-10-6-13-19(27-2)22(16)28-14-15-8-4-3-5-9-15/h3-6,8-10,13,21H,7,11-12,14H2,1-2H3,(H,24,29). The number of para-hydroxylation sites is 1. The number of ketones is 1. The Labute approximate surface area is 176 Å². The van der Waals surface area contributed by atoms with Crippen LogP contribution >= 0.6 is 12.2 Å². The summed E-state index contributed by atoms with van der Waals surface area (Å²) < 4.78 is 11.8. The highest BCUT2D eigenvalue weighted by Gasteiger charge is 2.37. The van der Waals surface area contributed by atoms with Crippen LogP contribution in [-0.2, 0) is 11.4 Å². The van der Waals surface area contributed by atoms with Gasteiger partial charge in [-0.25, -0.2) is 0 Å². The van der Waals surface area contributed by atoms with Crippen LogP contribution < -0.4 is 14.8 Å². The number of allylic oxidation sites excluding steroid dienone is 1. The third-order valence-electron chi connectivity index (χ3n) is 5.46. The van der Waals surface area contributed by atoms with Gasteiger partial charge in [0.05, 0.1) is 13.2 Å². The van der Waals surface area contributed by atoms with Gasteiger partial charge in [-0.1, -0.05) is 42.5 Å². The van der Waals surface area contributed by atoms with Gasteiger partial charge in [-0.15, -0.1) is 0 Å². The maximum atomic E-state index is 12.9. The molecule has 2 aliphatic rings. The van der Waals surface area contributed by atoms with E-state index in [-0.39, 0.29) is 11.8 Å². The molecule has 0 radical (unpaired) electrons. The van der Waals surface area contributed by atoms with Gasteiger partial charge in [-0.2, -0.15) is 0 Å². The first-order valence-corrected chi connectivity index (χ1v) is 10.1. The molecule has 0 bridgehead atoms. The molecule has 0 spiro atoms. The van der Waals surface area contributed by atoms with Gasteiger partial charge in [0, 0.05) is 30.3 Å². The lowest BCUT2D eigenvalue weighted by molar-refractivity contribution is -0.116. The molecule has 150 valence electrons. The second kappa shape index (κ2) is 8.25. The molecule has 2 aromatic carbocycles. The van der Waals surface area contributed by atoms with Crippen molar-refractivity contribution in [2.75, 3.05) is 14.2 Å². The fourth-order valence-corrected chi connectivity index (χ4v) is 4.20. The molecule has 0 aromatic heterocycles. The molecule has 1 heterocycles. The van der Waals surface area contributed by atoms with Gasteiger partial charge in [-0.3, -0.25) is 4.79 Å². The quantitative estimate of drug-likeness (QED) is 0.751. The first-order valence-electron chi connectivity index (χ1n) is 9.74. The summed E-state index contributed by atoms with van der Waals surface area (Å²) in [5, 5.41) is 3.96. The summed E-state index contributed by atoms with van der Waals surface area (Å²) in [6, 6.07) is 15.4. The summed E-state index contributed by atoms with van der Waals surface area (Å²) >= 11 is 5.56. The average Bonchev–Trinajstić information content (AvgIpc) is 2.75. The summed E-state index contributed by atoms with van der Waals surface area (Å²) in [5.74, 6) is 1.43. The van der Waals surface area contributed by atoms with Crippen LogP contribution in [0.3, 0.4) is 0 Å². The molecule has 0 amide bonds. The minimum atomic E-state index is -0.345. The molecular weight excluding hydrogens is 384 g/mol. The molecule has 0 saturated heterocycles. The number of carbonyl (C=O) groups excluding carboxylic acids is 1. The lowest BCUT2D eigenvalue weighted by atomic mass is 9.84. The Hall–Kier alpha value is -2.86. The molecule has 1 atom stereocenters. The predicted octanol–water partition coefficient (Wildman–Crippen LogP) is 4.14. The molecule has 1 aliphatic heterocycles. The molecular formula is C23H24N2O3S. The highest BCUT2D eigenvalue weighted by molar-refractivity contribution is 7.80. The van der Waals surface area contributed by atoms with Crippen molar-refractivity contribution in [2.24, 2.45) is 0 Å². The van der Waals surface area contributed by atoms with Crippen molar-refractivity contribution in [1.29, 1.82) is 0 Å². The average molecular weight is 409 g/mol. The molecule has 1 N–H and O–H groups in total. The first-order chi connectivity index (χ1) is 14.1. The molecule has 29 heavy (non-hydrogen) atoms. The molecule has 2 aromatic rings. The predicted molar refractivity (Wildman–Crippen MR) is 116 cm³/mol. The largest absolute Gasteiger partial charge is 0.493 e. The van der Waals surface area contributed by atoms with Gasteiger partial charge in [0.25, 0.3) is 0 Å². The highest BCUT2D eigenvalue weighted by Crippen LogP contribution is 2.43. The molecule has 0 saturated carbocycles. The van der Waals surface area contributed by atoms with Crippen LogP contribution in [0.2, 0.25) is 0 Å². The Morgan fingerprint density at radius 1 is 1.14 bits per heavy atom. The third kappa shape index (κ3) is 3.72. The van der Waals surface area contributed by atoms with Gasteiger partial charge < -0.3 is 19.7 Å². The smallest absolute Gasteiger partial charge is 0.173 e. The van der Waals surface area contributed by atoms with E-state index in [4.69, 9.17) is 21.7 Å². The summed E-state index contributed by atoms with van der Waals surface area (Å²) in [7, 11) is 3.54. The minimum Gasteiger partial charge on any atom is -0.493 e. The van der Waals surface area contributed by atoms with Crippen LogP contribution in [0.15, 0.2) is 59.8 Å². The number of nitrogens with one attached hydrogen (secondary N) is 1. The summed E-state index contributed by atoms with van der Waals surface area (Å²) in [6.45, 7) is 0.408. The number of hydrogen-bond donors (Lipinski definition) is 1. The molecule has 5 nitrogen and oxygen atoms in total. The van der Waals surface area contributed by atoms with E-state index in [1.54, 1.807) is 7.11 Å². The molecule has 1 aliphatic carbocycles. The summed E-state index contributed by atoms with van der Waals surface area (Å²) in [6.07, 6.45) is 2.26. The Morgan fingerprint density at radius 2 is 1.93 bits per heavy atom. The van der Waals surface area contributed by atoms with E-state index in [1.165, 1.54) is 0 Å². The van der Waals surface area contributed by atoms with Crippen LogP contribution in [0.1, 0.15) is 36.4 Å². The third-order valence-corrected chi connectivity index (χ3v) is 5.85. The Morgan fingerprint density at radius 3 is 2.69 bits per heavy atom. The number of ether oxygens (including phenoxy) is 2. The maximum absolute atomic E-state index is 12.9. The van der Waals surface area contributed by atoms with E-state index in [2.05, 4.69) is 5.32 Å². The Kier molecular flexibility index (Phi) is 5.53. The van der Waals surface area contributed by atoms with E-state index in [1.807, 2.05) is 60.5 Å². The zero-order valence-corrected chi connectivity index (χ0v) is 17.4. The van der Waals surface area contributed by atoms with Gasteiger partial charge >= 0.3 is 0 Å². The van der Waals surface area contributed by atoms with E-state index in [0.29, 0.717) is 29.6 Å². The lowest BCUT2D eigenvalue weighted by Gasteiger charge is -2.39.